The first kappa shape index (κ1) is 14.9. The highest BCUT2D eigenvalue weighted by Crippen LogP contribution is 2.26. The molecule has 1 N–H and O–H groups in total. The van der Waals surface area contributed by atoms with Crippen LogP contribution >= 0.6 is 0 Å². The molecular formula is C16H18N4O. The molecule has 108 valence electrons. The molecule has 0 spiro atoms. The van der Waals surface area contributed by atoms with Gasteiger partial charge in [0.05, 0.1) is 17.3 Å². The van der Waals surface area contributed by atoms with Crippen molar-refractivity contribution in [1.29, 1.82) is 10.5 Å². The van der Waals surface area contributed by atoms with E-state index >= 15 is 0 Å². The van der Waals surface area contributed by atoms with Crippen LogP contribution in [0.1, 0.15) is 37.7 Å². The summed E-state index contributed by atoms with van der Waals surface area (Å²) in [5.74, 6) is -0.357. The number of anilines is 2. The van der Waals surface area contributed by atoms with Crippen LogP contribution in [0, 0.1) is 22.7 Å². The quantitative estimate of drug-likeness (QED) is 0.924. The number of hydrogen-bond donors (Lipinski definition) is 1. The molecule has 1 fully saturated rings. The molecule has 5 nitrogen and oxygen atoms in total. The third-order valence-electron chi connectivity index (χ3n) is 3.59. The van der Waals surface area contributed by atoms with E-state index in [1.54, 1.807) is 18.2 Å². The number of carbonyl (C=O) groups excluding carboxylic acids is 1. The molecule has 1 amide bonds. The average molecular weight is 282 g/mol. The second-order valence-electron chi connectivity index (χ2n) is 5.13. The van der Waals surface area contributed by atoms with Gasteiger partial charge < -0.3 is 10.2 Å². The Morgan fingerprint density at radius 2 is 1.90 bits per heavy atom. The zero-order valence-corrected chi connectivity index (χ0v) is 11.9. The van der Waals surface area contributed by atoms with Crippen LogP contribution in [-0.2, 0) is 4.79 Å². The molecule has 21 heavy (non-hydrogen) atoms. The van der Waals surface area contributed by atoms with Crippen LogP contribution in [0.2, 0.25) is 0 Å². The van der Waals surface area contributed by atoms with Crippen molar-refractivity contribution in [2.75, 3.05) is 23.3 Å². The third kappa shape index (κ3) is 3.97. The van der Waals surface area contributed by atoms with E-state index in [2.05, 4.69) is 16.3 Å². The molecule has 2 rings (SSSR count). The van der Waals surface area contributed by atoms with Gasteiger partial charge in [-0.3, -0.25) is 4.79 Å². The van der Waals surface area contributed by atoms with Crippen LogP contribution in [0.25, 0.3) is 0 Å². The number of hydrogen-bond acceptors (Lipinski definition) is 4. The van der Waals surface area contributed by atoms with Crippen molar-refractivity contribution in [3.8, 4) is 12.1 Å². The molecule has 0 bridgehead atoms. The fraction of sp³-hybridized carbons (Fsp3) is 0.438. The van der Waals surface area contributed by atoms with Crippen molar-refractivity contribution in [1.82, 2.24) is 0 Å². The minimum Gasteiger partial charge on any atom is -0.370 e. The largest absolute Gasteiger partial charge is 0.370 e. The minimum atomic E-state index is -0.357. The Kier molecular flexibility index (Phi) is 5.17. The van der Waals surface area contributed by atoms with Gasteiger partial charge in [-0.25, -0.2) is 0 Å². The summed E-state index contributed by atoms with van der Waals surface area (Å²) in [6, 6.07) is 9.35. The Balaban J connectivity index is 2.18. The van der Waals surface area contributed by atoms with Crippen molar-refractivity contribution in [2.45, 2.75) is 32.1 Å². The van der Waals surface area contributed by atoms with Crippen molar-refractivity contribution in [2.24, 2.45) is 0 Å². The Bertz CT molecular complexity index is 589. The molecule has 0 saturated carbocycles. The molecule has 0 atom stereocenters. The molecule has 5 heteroatoms. The van der Waals surface area contributed by atoms with E-state index in [0.717, 1.165) is 31.6 Å². The second-order valence-corrected chi connectivity index (χ2v) is 5.13. The fourth-order valence-corrected chi connectivity index (χ4v) is 2.57. The normalized spacial score (nSPS) is 14.7. The summed E-state index contributed by atoms with van der Waals surface area (Å²) in [5, 5.41) is 20.5. The molecule has 1 saturated heterocycles. The molecule has 1 aromatic rings. The van der Waals surface area contributed by atoms with Crippen LogP contribution < -0.4 is 10.2 Å². The zero-order chi connectivity index (χ0) is 15.1. The highest BCUT2D eigenvalue weighted by molar-refractivity contribution is 5.92. The first-order valence-corrected chi connectivity index (χ1v) is 7.20. The lowest BCUT2D eigenvalue weighted by Gasteiger charge is -2.24. The average Bonchev–Trinajstić information content (AvgIpc) is 2.76. The van der Waals surface area contributed by atoms with E-state index in [4.69, 9.17) is 5.26 Å². The van der Waals surface area contributed by atoms with Crippen molar-refractivity contribution < 1.29 is 4.79 Å². The number of amides is 1. The maximum atomic E-state index is 11.4. The predicted octanol–water partition coefficient (Wildman–Crippen LogP) is 2.79. The summed E-state index contributed by atoms with van der Waals surface area (Å²) < 4.78 is 0. The van der Waals surface area contributed by atoms with Gasteiger partial charge in [0.2, 0.25) is 5.91 Å². The Hall–Kier alpha value is -2.53. The molecule has 0 radical (unpaired) electrons. The number of nitrogens with zero attached hydrogens (tertiary/aromatic N) is 3. The van der Waals surface area contributed by atoms with Crippen molar-refractivity contribution in [3.05, 3.63) is 23.8 Å². The van der Waals surface area contributed by atoms with Crippen molar-refractivity contribution in [3.63, 3.8) is 0 Å². The SMILES string of the molecule is N#CCC(=O)Nc1ccc(N2CCCCCC2)c(C#N)c1. The lowest BCUT2D eigenvalue weighted by atomic mass is 10.1. The number of rotatable bonds is 3. The van der Waals surface area contributed by atoms with E-state index in [9.17, 15) is 10.1 Å². The standard InChI is InChI=1S/C16H18N4O/c17-8-7-16(21)19-14-5-6-15(13(11-14)12-18)20-9-3-1-2-4-10-20/h5-6,11H,1-4,7,9-10H2,(H,19,21). The summed E-state index contributed by atoms with van der Waals surface area (Å²) in [7, 11) is 0. The van der Waals surface area contributed by atoms with Crippen LogP contribution in [-0.4, -0.2) is 19.0 Å². The fourth-order valence-electron chi connectivity index (χ4n) is 2.57. The summed E-state index contributed by atoms with van der Waals surface area (Å²) >= 11 is 0. The maximum Gasteiger partial charge on any atom is 0.238 e. The van der Waals surface area contributed by atoms with E-state index < -0.39 is 0 Å². The lowest BCUT2D eigenvalue weighted by molar-refractivity contribution is -0.115. The van der Waals surface area contributed by atoms with Crippen LogP contribution in [0.3, 0.4) is 0 Å². The molecule has 0 aromatic heterocycles. The van der Waals surface area contributed by atoms with Gasteiger partial charge >= 0.3 is 0 Å². The number of nitrogens with one attached hydrogen (secondary N) is 1. The predicted molar refractivity (Wildman–Crippen MR) is 80.7 cm³/mol. The summed E-state index contributed by atoms with van der Waals surface area (Å²) in [4.78, 5) is 13.7. The molecule has 1 heterocycles. The molecule has 1 aromatic carbocycles. The Labute approximate surface area is 124 Å². The second kappa shape index (κ2) is 7.31. The van der Waals surface area contributed by atoms with Crippen LogP contribution in [0.15, 0.2) is 18.2 Å². The molecule has 1 aliphatic heterocycles. The van der Waals surface area contributed by atoms with E-state index in [0.29, 0.717) is 11.3 Å². The van der Waals surface area contributed by atoms with Gasteiger partial charge in [0.15, 0.2) is 0 Å². The van der Waals surface area contributed by atoms with Crippen LogP contribution in [0.5, 0.6) is 0 Å². The minimum absolute atomic E-state index is 0.185. The van der Waals surface area contributed by atoms with Gasteiger partial charge in [-0.05, 0) is 31.0 Å². The topological polar surface area (TPSA) is 79.9 Å². The number of benzene rings is 1. The summed E-state index contributed by atoms with van der Waals surface area (Å²) in [6.45, 7) is 1.93. The van der Waals surface area contributed by atoms with E-state index in [1.165, 1.54) is 12.8 Å². The van der Waals surface area contributed by atoms with Gasteiger partial charge in [-0.2, -0.15) is 10.5 Å². The smallest absolute Gasteiger partial charge is 0.238 e. The van der Waals surface area contributed by atoms with Gasteiger partial charge in [-0.1, -0.05) is 12.8 Å². The molecular weight excluding hydrogens is 264 g/mol. The van der Waals surface area contributed by atoms with Crippen LogP contribution in [0.4, 0.5) is 11.4 Å². The highest BCUT2D eigenvalue weighted by Gasteiger charge is 2.14. The first-order valence-electron chi connectivity index (χ1n) is 7.20. The highest BCUT2D eigenvalue weighted by atomic mass is 16.1. The van der Waals surface area contributed by atoms with Gasteiger partial charge in [0.1, 0.15) is 12.5 Å². The third-order valence-corrected chi connectivity index (χ3v) is 3.59. The maximum absolute atomic E-state index is 11.4. The summed E-state index contributed by atoms with van der Waals surface area (Å²) in [6.07, 6.45) is 4.58. The van der Waals surface area contributed by atoms with Crippen molar-refractivity contribution >= 4 is 17.3 Å². The summed E-state index contributed by atoms with van der Waals surface area (Å²) in [5.41, 5.74) is 2.05. The first-order chi connectivity index (χ1) is 10.2. The van der Waals surface area contributed by atoms with Gasteiger partial charge in [-0.15, -0.1) is 0 Å². The number of nitriles is 2. The number of carbonyl (C=O) groups is 1. The van der Waals surface area contributed by atoms with Gasteiger partial charge in [0, 0.05) is 18.8 Å². The monoisotopic (exact) mass is 282 g/mol. The Morgan fingerprint density at radius 1 is 1.19 bits per heavy atom. The lowest BCUT2D eigenvalue weighted by Crippen LogP contribution is -2.24. The molecule has 0 aliphatic carbocycles. The van der Waals surface area contributed by atoms with E-state index in [-0.39, 0.29) is 12.3 Å². The zero-order valence-electron chi connectivity index (χ0n) is 11.9. The Morgan fingerprint density at radius 3 is 2.52 bits per heavy atom. The molecule has 0 unspecified atom stereocenters. The molecule has 1 aliphatic rings. The van der Waals surface area contributed by atoms with Gasteiger partial charge in [0.25, 0.3) is 0 Å². The van der Waals surface area contributed by atoms with E-state index in [1.807, 2.05) is 6.07 Å².